The van der Waals surface area contributed by atoms with Gasteiger partial charge >= 0.3 is 0 Å². The molecule has 0 radical (unpaired) electrons. The molecule has 0 fully saturated rings. The van der Waals surface area contributed by atoms with E-state index in [0.717, 1.165) is 11.4 Å². The minimum Gasteiger partial charge on any atom is -0.355 e. The average Bonchev–Trinajstić information content (AvgIpc) is 2.85. The average molecular weight is 292 g/mol. The van der Waals surface area contributed by atoms with Gasteiger partial charge in [0, 0.05) is 19.7 Å². The van der Waals surface area contributed by atoms with E-state index in [-0.39, 0.29) is 5.82 Å². The zero-order valence-electron chi connectivity index (χ0n) is 10.7. The van der Waals surface area contributed by atoms with Gasteiger partial charge in [0.25, 0.3) is 5.78 Å². The van der Waals surface area contributed by atoms with Gasteiger partial charge in [-0.05, 0) is 17.7 Å². The molecule has 0 bridgehead atoms. The summed E-state index contributed by atoms with van der Waals surface area (Å²) in [6.45, 7) is 0.521. The Balaban J connectivity index is 1.96. The first-order valence-corrected chi connectivity index (χ1v) is 6.33. The zero-order chi connectivity index (χ0) is 14.1. The van der Waals surface area contributed by atoms with E-state index >= 15 is 0 Å². The van der Waals surface area contributed by atoms with Crippen LogP contribution in [0.1, 0.15) is 5.56 Å². The van der Waals surface area contributed by atoms with Crippen LogP contribution in [0.15, 0.2) is 36.7 Å². The second-order valence-corrected chi connectivity index (χ2v) is 4.78. The number of rotatable bonds is 3. The number of fused-ring (bicyclic) bond motifs is 1. The Morgan fingerprint density at radius 3 is 3.00 bits per heavy atom. The second-order valence-electron chi connectivity index (χ2n) is 4.39. The molecule has 2 heterocycles. The molecule has 0 unspecified atom stereocenters. The maximum Gasteiger partial charge on any atom is 0.255 e. The minimum absolute atomic E-state index is 0.255. The quantitative estimate of drug-likeness (QED) is 0.696. The molecular formula is C13H11ClFN5. The molecule has 102 valence electrons. The fourth-order valence-corrected chi connectivity index (χ4v) is 2.20. The summed E-state index contributed by atoms with van der Waals surface area (Å²) in [5.41, 5.74) is 0.855. The first kappa shape index (κ1) is 12.8. The van der Waals surface area contributed by atoms with Crippen molar-refractivity contribution in [3.8, 4) is 0 Å². The molecular weight excluding hydrogens is 281 g/mol. The number of benzene rings is 1. The van der Waals surface area contributed by atoms with Crippen LogP contribution in [0, 0.1) is 5.82 Å². The lowest BCUT2D eigenvalue weighted by Gasteiger charge is -2.19. The van der Waals surface area contributed by atoms with Gasteiger partial charge in [-0.3, -0.25) is 0 Å². The summed E-state index contributed by atoms with van der Waals surface area (Å²) >= 11 is 5.97. The van der Waals surface area contributed by atoms with Crippen LogP contribution in [0.4, 0.5) is 10.2 Å². The minimum atomic E-state index is -0.255. The Kier molecular flexibility index (Phi) is 3.23. The van der Waals surface area contributed by atoms with Gasteiger partial charge in [-0.2, -0.15) is 19.6 Å². The summed E-state index contributed by atoms with van der Waals surface area (Å²) in [4.78, 5) is 9.99. The van der Waals surface area contributed by atoms with E-state index in [1.165, 1.54) is 18.5 Å². The molecule has 0 N–H and O–H groups in total. The summed E-state index contributed by atoms with van der Waals surface area (Å²) in [6, 6.07) is 8.16. The Morgan fingerprint density at radius 2 is 2.20 bits per heavy atom. The van der Waals surface area contributed by atoms with Crippen molar-refractivity contribution < 1.29 is 4.39 Å². The maximum atomic E-state index is 13.2. The summed E-state index contributed by atoms with van der Waals surface area (Å²) < 4.78 is 14.8. The topological polar surface area (TPSA) is 46.3 Å². The number of anilines is 1. The summed E-state index contributed by atoms with van der Waals surface area (Å²) in [5, 5.41) is 4.45. The van der Waals surface area contributed by atoms with Crippen molar-refractivity contribution in [3.63, 3.8) is 0 Å². The highest BCUT2D eigenvalue weighted by Gasteiger charge is 2.11. The molecule has 20 heavy (non-hydrogen) atoms. The molecule has 3 aromatic rings. The molecule has 0 aliphatic heterocycles. The number of hydrogen-bond donors (Lipinski definition) is 0. The van der Waals surface area contributed by atoms with Gasteiger partial charge in [-0.1, -0.05) is 23.7 Å². The first-order chi connectivity index (χ1) is 9.63. The van der Waals surface area contributed by atoms with Gasteiger partial charge in [0.05, 0.1) is 0 Å². The highest BCUT2D eigenvalue weighted by atomic mass is 35.5. The summed E-state index contributed by atoms with van der Waals surface area (Å²) in [7, 11) is 1.87. The van der Waals surface area contributed by atoms with Crippen molar-refractivity contribution in [2.45, 2.75) is 6.54 Å². The number of hydrogen-bond acceptors (Lipinski definition) is 4. The fraction of sp³-hybridized carbons (Fsp3) is 0.154. The molecule has 0 aliphatic rings. The largest absolute Gasteiger partial charge is 0.355 e. The Hall–Kier alpha value is -2.21. The highest BCUT2D eigenvalue weighted by molar-refractivity contribution is 6.29. The van der Waals surface area contributed by atoms with E-state index in [0.29, 0.717) is 17.5 Å². The van der Waals surface area contributed by atoms with Crippen molar-refractivity contribution in [2.75, 3.05) is 11.9 Å². The molecule has 1 aromatic carbocycles. The molecule has 0 saturated carbocycles. The third-order valence-corrected chi connectivity index (χ3v) is 3.10. The van der Waals surface area contributed by atoms with Gasteiger partial charge in [0.1, 0.15) is 23.1 Å². The van der Waals surface area contributed by atoms with E-state index in [9.17, 15) is 4.39 Å². The lowest BCUT2D eigenvalue weighted by Crippen LogP contribution is -2.20. The van der Waals surface area contributed by atoms with Crippen LogP contribution in [-0.4, -0.2) is 26.6 Å². The molecule has 7 heteroatoms. The SMILES string of the molecule is CN(Cc1cccc(F)c1)c1cc(Cl)nc2ncnn12. The van der Waals surface area contributed by atoms with Crippen LogP contribution in [0.25, 0.3) is 5.78 Å². The van der Waals surface area contributed by atoms with Crippen LogP contribution in [0.2, 0.25) is 5.15 Å². The predicted molar refractivity (Wildman–Crippen MR) is 74.3 cm³/mol. The number of halogens is 2. The van der Waals surface area contributed by atoms with Gasteiger partial charge in [-0.15, -0.1) is 0 Å². The number of nitrogens with zero attached hydrogens (tertiary/aromatic N) is 5. The zero-order valence-corrected chi connectivity index (χ0v) is 11.4. The van der Waals surface area contributed by atoms with Crippen LogP contribution in [-0.2, 0) is 6.54 Å². The molecule has 0 amide bonds. The van der Waals surface area contributed by atoms with E-state index in [2.05, 4.69) is 15.1 Å². The standard InChI is InChI=1S/C13H11ClFN5/c1-19(7-9-3-2-4-10(15)5-9)12-6-11(14)18-13-16-8-17-20(12)13/h2-6,8H,7H2,1H3. The van der Waals surface area contributed by atoms with Crippen LogP contribution < -0.4 is 4.90 Å². The van der Waals surface area contributed by atoms with Gasteiger partial charge in [-0.25, -0.2) is 4.39 Å². The van der Waals surface area contributed by atoms with Crippen LogP contribution in [0.5, 0.6) is 0 Å². The van der Waals surface area contributed by atoms with Crippen molar-refractivity contribution in [3.05, 3.63) is 53.2 Å². The lowest BCUT2D eigenvalue weighted by molar-refractivity contribution is 0.625. The van der Waals surface area contributed by atoms with E-state index < -0.39 is 0 Å². The lowest BCUT2D eigenvalue weighted by atomic mass is 10.2. The predicted octanol–water partition coefficient (Wildman–Crippen LogP) is 2.55. The summed E-state index contributed by atoms with van der Waals surface area (Å²) in [5.74, 6) is 0.912. The molecule has 2 aromatic heterocycles. The maximum absolute atomic E-state index is 13.2. The van der Waals surface area contributed by atoms with Crippen LogP contribution in [0.3, 0.4) is 0 Å². The molecule has 0 spiro atoms. The van der Waals surface area contributed by atoms with Gasteiger partial charge in [0.2, 0.25) is 0 Å². The van der Waals surface area contributed by atoms with Crippen molar-refractivity contribution >= 4 is 23.2 Å². The molecule has 0 aliphatic carbocycles. The van der Waals surface area contributed by atoms with Gasteiger partial charge < -0.3 is 4.90 Å². The van der Waals surface area contributed by atoms with E-state index in [4.69, 9.17) is 11.6 Å². The highest BCUT2D eigenvalue weighted by Crippen LogP contribution is 2.19. The smallest absolute Gasteiger partial charge is 0.255 e. The Bertz CT molecular complexity index is 757. The molecule has 5 nitrogen and oxygen atoms in total. The second kappa shape index (κ2) is 5.05. The summed E-state index contributed by atoms with van der Waals surface area (Å²) in [6.07, 6.45) is 1.41. The molecule has 0 atom stereocenters. The molecule has 3 rings (SSSR count). The number of aromatic nitrogens is 4. The van der Waals surface area contributed by atoms with E-state index in [1.54, 1.807) is 16.6 Å². The molecule has 0 saturated heterocycles. The van der Waals surface area contributed by atoms with Crippen molar-refractivity contribution in [2.24, 2.45) is 0 Å². The van der Waals surface area contributed by atoms with E-state index in [1.807, 2.05) is 18.0 Å². The first-order valence-electron chi connectivity index (χ1n) is 5.95. The third-order valence-electron chi connectivity index (χ3n) is 2.90. The van der Waals surface area contributed by atoms with Crippen LogP contribution >= 0.6 is 11.6 Å². The van der Waals surface area contributed by atoms with Crippen molar-refractivity contribution in [1.82, 2.24) is 19.6 Å². The fourth-order valence-electron chi connectivity index (χ4n) is 2.03. The normalized spacial score (nSPS) is 10.9. The Morgan fingerprint density at radius 1 is 1.35 bits per heavy atom. The van der Waals surface area contributed by atoms with Crippen molar-refractivity contribution in [1.29, 1.82) is 0 Å². The monoisotopic (exact) mass is 291 g/mol. The van der Waals surface area contributed by atoms with Gasteiger partial charge in [0.15, 0.2) is 0 Å². The third kappa shape index (κ3) is 2.42. The Labute approximate surface area is 119 Å².